The number of nitrogens with one attached hydrogen (secondary N) is 1. The summed E-state index contributed by atoms with van der Waals surface area (Å²) in [6.07, 6.45) is 1.83. The summed E-state index contributed by atoms with van der Waals surface area (Å²) in [6.45, 7) is 4.53. The van der Waals surface area contributed by atoms with Gasteiger partial charge >= 0.3 is 0 Å². The standard InChI is InChI=1S/C20H26N2O4/c1-14(2)26-18-9-7-16(11-20(18)25-5)13-22-21-12-15-6-8-17(23-3)19(10-15)24-4/h6-11,13-14,21H,12H2,1-5H3/b22-13-. The lowest BCUT2D eigenvalue weighted by Gasteiger charge is -2.13. The Bertz CT molecular complexity index is 745. The molecule has 0 aliphatic heterocycles. The zero-order valence-corrected chi connectivity index (χ0v) is 15.9. The smallest absolute Gasteiger partial charge is 0.161 e. The molecule has 0 saturated carbocycles. The molecule has 0 bridgehead atoms. The number of hydrogen-bond acceptors (Lipinski definition) is 6. The highest BCUT2D eigenvalue weighted by Gasteiger charge is 2.07. The fourth-order valence-electron chi connectivity index (χ4n) is 2.36. The van der Waals surface area contributed by atoms with Crippen LogP contribution in [-0.2, 0) is 6.54 Å². The Kier molecular flexibility index (Phi) is 7.14. The summed E-state index contributed by atoms with van der Waals surface area (Å²) in [5.74, 6) is 2.80. The van der Waals surface area contributed by atoms with E-state index in [1.54, 1.807) is 27.5 Å². The Morgan fingerprint density at radius 3 is 2.19 bits per heavy atom. The Balaban J connectivity index is 1.98. The van der Waals surface area contributed by atoms with Crippen molar-refractivity contribution < 1.29 is 18.9 Å². The fraction of sp³-hybridized carbons (Fsp3) is 0.350. The zero-order chi connectivity index (χ0) is 18.9. The molecule has 0 atom stereocenters. The van der Waals surface area contributed by atoms with Crippen LogP contribution in [0.5, 0.6) is 23.0 Å². The van der Waals surface area contributed by atoms with E-state index in [-0.39, 0.29) is 6.10 Å². The maximum Gasteiger partial charge on any atom is 0.161 e. The molecule has 0 saturated heterocycles. The van der Waals surface area contributed by atoms with Crippen molar-refractivity contribution in [1.82, 2.24) is 5.43 Å². The number of methoxy groups -OCH3 is 3. The van der Waals surface area contributed by atoms with Crippen LogP contribution in [0.1, 0.15) is 25.0 Å². The second kappa shape index (κ2) is 9.56. The molecule has 26 heavy (non-hydrogen) atoms. The molecule has 2 rings (SSSR count). The van der Waals surface area contributed by atoms with E-state index >= 15 is 0 Å². The molecule has 0 spiro atoms. The first-order valence-corrected chi connectivity index (χ1v) is 8.39. The van der Waals surface area contributed by atoms with Crippen LogP contribution >= 0.6 is 0 Å². The second-order valence-corrected chi connectivity index (χ2v) is 5.86. The van der Waals surface area contributed by atoms with Gasteiger partial charge in [-0.15, -0.1) is 0 Å². The van der Waals surface area contributed by atoms with Gasteiger partial charge < -0.3 is 24.4 Å². The molecule has 6 nitrogen and oxygen atoms in total. The predicted molar refractivity (Wildman–Crippen MR) is 103 cm³/mol. The van der Waals surface area contributed by atoms with E-state index in [4.69, 9.17) is 18.9 Å². The minimum absolute atomic E-state index is 0.0894. The summed E-state index contributed by atoms with van der Waals surface area (Å²) in [4.78, 5) is 0. The molecular weight excluding hydrogens is 332 g/mol. The summed E-state index contributed by atoms with van der Waals surface area (Å²) < 4.78 is 21.6. The minimum atomic E-state index is 0.0894. The highest BCUT2D eigenvalue weighted by atomic mass is 16.5. The largest absolute Gasteiger partial charge is 0.493 e. The van der Waals surface area contributed by atoms with Crippen LogP contribution in [0.15, 0.2) is 41.5 Å². The summed E-state index contributed by atoms with van der Waals surface area (Å²) in [5, 5.41) is 4.26. The summed E-state index contributed by atoms with van der Waals surface area (Å²) >= 11 is 0. The van der Waals surface area contributed by atoms with Gasteiger partial charge in [0, 0.05) is 0 Å². The van der Waals surface area contributed by atoms with Crippen molar-refractivity contribution in [2.75, 3.05) is 21.3 Å². The number of ether oxygens (including phenoxy) is 4. The lowest BCUT2D eigenvalue weighted by Crippen LogP contribution is -2.07. The maximum absolute atomic E-state index is 5.71. The highest BCUT2D eigenvalue weighted by Crippen LogP contribution is 2.29. The molecule has 0 amide bonds. The molecule has 2 aromatic rings. The first-order valence-electron chi connectivity index (χ1n) is 8.39. The van der Waals surface area contributed by atoms with Crippen molar-refractivity contribution in [1.29, 1.82) is 0 Å². The van der Waals surface area contributed by atoms with Crippen LogP contribution in [-0.4, -0.2) is 33.6 Å². The molecule has 140 valence electrons. The lowest BCUT2D eigenvalue weighted by molar-refractivity contribution is 0.230. The van der Waals surface area contributed by atoms with E-state index in [0.717, 1.165) is 16.9 Å². The fourth-order valence-corrected chi connectivity index (χ4v) is 2.36. The van der Waals surface area contributed by atoms with Gasteiger partial charge in [-0.3, -0.25) is 0 Å². The number of benzene rings is 2. The number of hydrazone groups is 1. The second-order valence-electron chi connectivity index (χ2n) is 5.86. The normalized spacial score (nSPS) is 10.8. The van der Waals surface area contributed by atoms with Crippen molar-refractivity contribution in [3.63, 3.8) is 0 Å². The van der Waals surface area contributed by atoms with E-state index < -0.39 is 0 Å². The van der Waals surface area contributed by atoms with Gasteiger partial charge in [-0.1, -0.05) is 6.07 Å². The van der Waals surface area contributed by atoms with Gasteiger partial charge in [-0.25, -0.2) is 0 Å². The number of hydrogen-bond donors (Lipinski definition) is 1. The third-order valence-corrected chi connectivity index (χ3v) is 3.59. The Morgan fingerprint density at radius 1 is 0.885 bits per heavy atom. The van der Waals surface area contributed by atoms with Crippen molar-refractivity contribution in [2.45, 2.75) is 26.5 Å². The van der Waals surface area contributed by atoms with Crippen molar-refractivity contribution in [3.8, 4) is 23.0 Å². The number of rotatable bonds is 9. The van der Waals surface area contributed by atoms with Crippen LogP contribution in [0, 0.1) is 0 Å². The van der Waals surface area contributed by atoms with Gasteiger partial charge in [0.15, 0.2) is 23.0 Å². The van der Waals surface area contributed by atoms with Crippen molar-refractivity contribution >= 4 is 6.21 Å². The molecule has 0 aliphatic rings. The quantitative estimate of drug-likeness (QED) is 0.548. The monoisotopic (exact) mass is 358 g/mol. The summed E-state index contributed by atoms with van der Waals surface area (Å²) in [6, 6.07) is 11.5. The summed E-state index contributed by atoms with van der Waals surface area (Å²) in [5.41, 5.74) is 4.98. The molecule has 0 heterocycles. The molecule has 0 fully saturated rings. The Labute approximate surface area is 154 Å². The van der Waals surface area contributed by atoms with Crippen LogP contribution < -0.4 is 24.4 Å². The zero-order valence-electron chi connectivity index (χ0n) is 15.9. The third-order valence-electron chi connectivity index (χ3n) is 3.59. The van der Waals surface area contributed by atoms with Crippen LogP contribution in [0.2, 0.25) is 0 Å². The average molecular weight is 358 g/mol. The van der Waals surface area contributed by atoms with Crippen LogP contribution in [0.25, 0.3) is 0 Å². The van der Waals surface area contributed by atoms with Crippen molar-refractivity contribution in [3.05, 3.63) is 47.5 Å². The van der Waals surface area contributed by atoms with Gasteiger partial charge in [-0.05, 0) is 55.3 Å². The van der Waals surface area contributed by atoms with Crippen molar-refractivity contribution in [2.24, 2.45) is 5.10 Å². The molecule has 0 aromatic heterocycles. The highest BCUT2D eigenvalue weighted by molar-refractivity contribution is 5.80. The van der Waals surface area contributed by atoms with Gasteiger partial charge in [0.25, 0.3) is 0 Å². The number of nitrogens with zero attached hydrogens (tertiary/aromatic N) is 1. The van der Waals surface area contributed by atoms with E-state index in [9.17, 15) is 0 Å². The Morgan fingerprint density at radius 2 is 1.54 bits per heavy atom. The van der Waals surface area contributed by atoms with Gasteiger partial charge in [-0.2, -0.15) is 5.10 Å². The van der Waals surface area contributed by atoms with Gasteiger partial charge in [0.05, 0.1) is 40.2 Å². The molecule has 6 heteroatoms. The molecule has 0 unspecified atom stereocenters. The van der Waals surface area contributed by atoms with Crippen LogP contribution in [0.3, 0.4) is 0 Å². The first kappa shape index (κ1) is 19.4. The van der Waals surface area contributed by atoms with Gasteiger partial charge in [0.1, 0.15) is 0 Å². The maximum atomic E-state index is 5.71. The van der Waals surface area contributed by atoms with Gasteiger partial charge in [0.2, 0.25) is 0 Å². The molecule has 2 aromatic carbocycles. The molecule has 0 radical (unpaired) electrons. The van der Waals surface area contributed by atoms with E-state index in [2.05, 4.69) is 10.5 Å². The molecular formula is C20H26N2O4. The molecule has 1 N–H and O–H groups in total. The average Bonchev–Trinajstić information content (AvgIpc) is 2.65. The third kappa shape index (κ3) is 5.31. The molecule has 0 aliphatic carbocycles. The minimum Gasteiger partial charge on any atom is -0.493 e. The topological polar surface area (TPSA) is 61.3 Å². The Hall–Kier alpha value is -2.89. The van der Waals surface area contributed by atoms with E-state index in [0.29, 0.717) is 23.8 Å². The first-order chi connectivity index (χ1) is 12.6. The summed E-state index contributed by atoms with van der Waals surface area (Å²) in [7, 11) is 4.86. The van der Waals surface area contributed by atoms with E-state index in [1.165, 1.54) is 0 Å². The van der Waals surface area contributed by atoms with Crippen LogP contribution in [0.4, 0.5) is 0 Å². The van der Waals surface area contributed by atoms with E-state index in [1.807, 2.05) is 50.2 Å². The predicted octanol–water partition coefficient (Wildman–Crippen LogP) is 3.62. The lowest BCUT2D eigenvalue weighted by atomic mass is 10.2. The SMILES string of the molecule is COc1ccc(CN/N=C\c2ccc(OC(C)C)c(OC)c2)cc1OC.